The number of thioether (sulfide) groups is 1. The second-order valence-corrected chi connectivity index (χ2v) is 2.15. The summed E-state index contributed by atoms with van der Waals surface area (Å²) in [6, 6.07) is 2.07. The van der Waals surface area contributed by atoms with Crippen LogP contribution < -0.4 is 5.32 Å². The Bertz CT molecular complexity index is 90.4. The van der Waals surface area contributed by atoms with Crippen LogP contribution in [0, 0.1) is 17.1 Å². The van der Waals surface area contributed by atoms with E-state index in [9.17, 15) is 0 Å². The van der Waals surface area contributed by atoms with Crippen LogP contribution >= 0.6 is 11.8 Å². The lowest BCUT2D eigenvalue weighted by molar-refractivity contribution is 0.797. The summed E-state index contributed by atoms with van der Waals surface area (Å²) >= 11 is 1.65. The highest BCUT2D eigenvalue weighted by Crippen LogP contribution is 2.13. The van der Waals surface area contributed by atoms with Crippen LogP contribution in [0.4, 0.5) is 0 Å². The Morgan fingerprint density at radius 1 is 2.00 bits per heavy atom. The lowest BCUT2D eigenvalue weighted by Gasteiger charge is -1.89. The summed E-state index contributed by atoms with van der Waals surface area (Å²) in [5, 5.41) is 11.2. The molecule has 1 fully saturated rings. The van der Waals surface area contributed by atoms with Gasteiger partial charge in [-0.15, -0.1) is 11.8 Å². The molecule has 2 nitrogen and oxygen atoms in total. The number of hydrogen-bond donors (Lipinski definition) is 1. The fourth-order valence-electron chi connectivity index (χ4n) is 0.406. The Hall–Kier alpha value is -0.200. The minimum Gasteiger partial charge on any atom is -0.292 e. The van der Waals surface area contributed by atoms with Gasteiger partial charge in [-0.3, -0.25) is 5.32 Å². The van der Waals surface area contributed by atoms with Gasteiger partial charge in [0.05, 0.1) is 6.07 Å². The minimum absolute atomic E-state index is 0.00926. The van der Waals surface area contributed by atoms with Crippen molar-refractivity contribution in [1.82, 2.24) is 5.32 Å². The van der Waals surface area contributed by atoms with Crippen LogP contribution in [0.15, 0.2) is 0 Å². The van der Waals surface area contributed by atoms with Crippen molar-refractivity contribution in [2.75, 3.05) is 5.88 Å². The fourth-order valence-corrected chi connectivity index (χ4v) is 1.13. The predicted molar refractivity (Wildman–Crippen MR) is 29.3 cm³/mol. The Morgan fingerprint density at radius 2 is 2.86 bits per heavy atom. The van der Waals surface area contributed by atoms with Crippen molar-refractivity contribution in [2.45, 2.75) is 6.04 Å². The molecule has 1 rings (SSSR count). The number of nitrogens with one attached hydrogen (secondary N) is 1. The van der Waals surface area contributed by atoms with Crippen LogP contribution in [0.25, 0.3) is 0 Å². The summed E-state index contributed by atoms with van der Waals surface area (Å²) < 4.78 is 0. The molecule has 0 amide bonds. The van der Waals surface area contributed by atoms with E-state index < -0.39 is 0 Å². The summed E-state index contributed by atoms with van der Waals surface area (Å²) in [5.74, 6) is 2.79. The highest BCUT2D eigenvalue weighted by atomic mass is 32.2. The van der Waals surface area contributed by atoms with E-state index in [0.29, 0.717) is 0 Å². The smallest absolute Gasteiger partial charge is 0.109 e. The third kappa shape index (κ3) is 1.08. The monoisotopic (exact) mass is 113 g/mol. The van der Waals surface area contributed by atoms with Gasteiger partial charge in [0, 0.05) is 11.6 Å². The first-order valence-corrected chi connectivity index (χ1v) is 3.06. The lowest BCUT2D eigenvalue weighted by Crippen LogP contribution is -2.18. The van der Waals surface area contributed by atoms with Crippen LogP contribution in [0.1, 0.15) is 0 Å². The van der Waals surface area contributed by atoms with E-state index >= 15 is 0 Å². The molecule has 1 N–H and O–H groups in total. The largest absolute Gasteiger partial charge is 0.292 e. The number of nitrogens with zero attached hydrogens (tertiary/aromatic N) is 1. The standard InChI is InChI=1S/C4H5N2S/c5-1-4-2-7-3-6-4/h2,4,6H,3H2. The van der Waals surface area contributed by atoms with Crippen molar-refractivity contribution in [1.29, 1.82) is 5.26 Å². The first kappa shape index (κ1) is 4.95. The van der Waals surface area contributed by atoms with Gasteiger partial charge < -0.3 is 0 Å². The maximum absolute atomic E-state index is 8.21. The molecular weight excluding hydrogens is 108 g/mol. The normalized spacial score (nSPS) is 29.9. The molecule has 1 aliphatic rings. The molecule has 0 aromatic carbocycles. The van der Waals surface area contributed by atoms with E-state index in [1.165, 1.54) is 0 Å². The maximum Gasteiger partial charge on any atom is 0.109 e. The second kappa shape index (κ2) is 2.20. The first-order valence-electron chi connectivity index (χ1n) is 2.01. The van der Waals surface area contributed by atoms with E-state index in [1.807, 2.05) is 5.75 Å². The van der Waals surface area contributed by atoms with Crippen molar-refractivity contribution in [3.8, 4) is 6.07 Å². The zero-order chi connectivity index (χ0) is 5.11. The van der Waals surface area contributed by atoms with Gasteiger partial charge in [0.15, 0.2) is 0 Å². The van der Waals surface area contributed by atoms with Gasteiger partial charge in [0.1, 0.15) is 6.04 Å². The van der Waals surface area contributed by atoms with E-state index in [2.05, 4.69) is 11.4 Å². The zero-order valence-corrected chi connectivity index (χ0v) is 4.53. The zero-order valence-electron chi connectivity index (χ0n) is 3.72. The summed E-state index contributed by atoms with van der Waals surface area (Å²) in [7, 11) is 0. The molecular formula is C4H5N2S. The van der Waals surface area contributed by atoms with Crippen molar-refractivity contribution in [2.24, 2.45) is 0 Å². The van der Waals surface area contributed by atoms with Gasteiger partial charge in [-0.1, -0.05) is 0 Å². The van der Waals surface area contributed by atoms with Crippen molar-refractivity contribution in [3.63, 3.8) is 0 Å². The van der Waals surface area contributed by atoms with Crippen LogP contribution in [0.3, 0.4) is 0 Å². The van der Waals surface area contributed by atoms with Crippen LogP contribution in [0.5, 0.6) is 0 Å². The number of rotatable bonds is 0. The molecule has 0 spiro atoms. The maximum atomic E-state index is 8.21. The van der Waals surface area contributed by atoms with Crippen LogP contribution in [0.2, 0.25) is 0 Å². The molecule has 37 valence electrons. The molecule has 0 saturated carbocycles. The number of nitriles is 1. The average molecular weight is 113 g/mol. The minimum atomic E-state index is -0.00926. The van der Waals surface area contributed by atoms with E-state index in [0.717, 1.165) is 5.88 Å². The van der Waals surface area contributed by atoms with Crippen LogP contribution in [-0.4, -0.2) is 11.9 Å². The molecule has 0 bridgehead atoms. The highest BCUT2D eigenvalue weighted by Gasteiger charge is 2.12. The van der Waals surface area contributed by atoms with Crippen molar-refractivity contribution >= 4 is 11.8 Å². The lowest BCUT2D eigenvalue weighted by atomic mass is 10.4. The second-order valence-electron chi connectivity index (χ2n) is 1.26. The molecule has 0 aromatic rings. The molecule has 1 atom stereocenters. The Morgan fingerprint density at radius 3 is 3.14 bits per heavy atom. The third-order valence-electron chi connectivity index (χ3n) is 0.758. The molecule has 0 aromatic heterocycles. The average Bonchev–Trinajstić information content (AvgIpc) is 2.14. The molecule has 0 aliphatic carbocycles. The van der Waals surface area contributed by atoms with Crippen LogP contribution in [-0.2, 0) is 0 Å². The van der Waals surface area contributed by atoms with Gasteiger partial charge in [0.25, 0.3) is 0 Å². The molecule has 3 heteroatoms. The molecule has 1 radical (unpaired) electrons. The summed E-state index contributed by atoms with van der Waals surface area (Å²) in [4.78, 5) is 0. The Kier molecular flexibility index (Phi) is 1.55. The SMILES string of the molecule is N#CC1[CH]SCN1. The Labute approximate surface area is 46.9 Å². The Balaban J connectivity index is 2.31. The molecule has 1 heterocycles. The van der Waals surface area contributed by atoms with Gasteiger partial charge in [0.2, 0.25) is 0 Å². The quantitative estimate of drug-likeness (QED) is 0.492. The van der Waals surface area contributed by atoms with Crippen molar-refractivity contribution in [3.05, 3.63) is 5.75 Å². The molecule has 7 heavy (non-hydrogen) atoms. The summed E-state index contributed by atoms with van der Waals surface area (Å²) in [6.07, 6.45) is 0. The predicted octanol–water partition coefficient (Wildman–Crippen LogP) is 0.334. The van der Waals surface area contributed by atoms with E-state index in [-0.39, 0.29) is 6.04 Å². The third-order valence-corrected chi connectivity index (χ3v) is 1.56. The summed E-state index contributed by atoms with van der Waals surface area (Å²) in [5.41, 5.74) is 0. The topological polar surface area (TPSA) is 35.8 Å². The van der Waals surface area contributed by atoms with Crippen molar-refractivity contribution < 1.29 is 0 Å². The molecule has 1 saturated heterocycles. The van der Waals surface area contributed by atoms with E-state index in [1.54, 1.807) is 11.8 Å². The molecule has 1 unspecified atom stereocenters. The van der Waals surface area contributed by atoms with E-state index in [4.69, 9.17) is 5.26 Å². The van der Waals surface area contributed by atoms with Gasteiger partial charge >= 0.3 is 0 Å². The number of hydrogen-bond acceptors (Lipinski definition) is 3. The van der Waals surface area contributed by atoms with Gasteiger partial charge in [-0.2, -0.15) is 5.26 Å². The highest BCUT2D eigenvalue weighted by molar-refractivity contribution is 8.01. The van der Waals surface area contributed by atoms with Gasteiger partial charge in [-0.05, 0) is 0 Å². The van der Waals surface area contributed by atoms with Gasteiger partial charge in [-0.25, -0.2) is 0 Å². The molecule has 1 aliphatic heterocycles. The fraction of sp³-hybridized carbons (Fsp3) is 0.500. The first-order chi connectivity index (χ1) is 3.43. The summed E-state index contributed by atoms with van der Waals surface area (Å²) in [6.45, 7) is 0.